The summed E-state index contributed by atoms with van der Waals surface area (Å²) in [6.07, 6.45) is 6.72. The minimum Gasteiger partial charge on any atom is -0.385 e. The van der Waals surface area contributed by atoms with E-state index < -0.39 is 10.8 Å². The number of nitrogens with one attached hydrogen (secondary N) is 1. The highest BCUT2D eigenvalue weighted by Gasteiger charge is 2.18. The first-order valence-electron chi connectivity index (χ1n) is 6.41. The largest absolute Gasteiger partial charge is 0.385 e. The highest BCUT2D eigenvalue weighted by Crippen LogP contribution is 2.15. The van der Waals surface area contributed by atoms with Crippen molar-refractivity contribution in [2.24, 2.45) is 0 Å². The van der Waals surface area contributed by atoms with E-state index in [4.69, 9.17) is 4.74 Å². The Morgan fingerprint density at radius 1 is 1.56 bits per heavy atom. The number of methoxy groups -OCH3 is 1. The van der Waals surface area contributed by atoms with E-state index in [-0.39, 0.29) is 0 Å². The zero-order valence-electron chi connectivity index (χ0n) is 10.8. The van der Waals surface area contributed by atoms with Crippen LogP contribution in [0.3, 0.4) is 0 Å². The van der Waals surface area contributed by atoms with Crippen LogP contribution in [0.15, 0.2) is 12.4 Å². The van der Waals surface area contributed by atoms with Gasteiger partial charge in [0, 0.05) is 61.0 Å². The van der Waals surface area contributed by atoms with Crippen LogP contribution in [0.25, 0.3) is 0 Å². The number of hydrogen-bond acceptors (Lipinski definition) is 4. The van der Waals surface area contributed by atoms with Crippen LogP contribution in [0, 0.1) is 0 Å². The van der Waals surface area contributed by atoms with Gasteiger partial charge in [-0.05, 0) is 19.3 Å². The molecular formula is C12H21N3O2S. The van der Waals surface area contributed by atoms with E-state index in [0.29, 0.717) is 6.04 Å². The van der Waals surface area contributed by atoms with Gasteiger partial charge in [-0.3, -0.25) is 4.21 Å². The van der Waals surface area contributed by atoms with Gasteiger partial charge in [0.1, 0.15) is 0 Å². The minimum absolute atomic E-state index is 0.409. The smallest absolute Gasteiger partial charge is 0.202 e. The lowest BCUT2D eigenvalue weighted by atomic mass is 10.2. The van der Waals surface area contributed by atoms with Gasteiger partial charge in [-0.1, -0.05) is 0 Å². The molecule has 1 aliphatic rings. The molecule has 1 aliphatic heterocycles. The Balaban J connectivity index is 1.85. The van der Waals surface area contributed by atoms with Crippen molar-refractivity contribution in [3.05, 3.63) is 12.4 Å². The number of imidazole rings is 1. The summed E-state index contributed by atoms with van der Waals surface area (Å²) >= 11 is 0. The highest BCUT2D eigenvalue weighted by atomic mass is 32.2. The van der Waals surface area contributed by atoms with Crippen LogP contribution in [-0.4, -0.2) is 45.0 Å². The first-order chi connectivity index (χ1) is 8.79. The molecule has 0 unspecified atom stereocenters. The summed E-state index contributed by atoms with van der Waals surface area (Å²) in [5.74, 6) is 2.54. The van der Waals surface area contributed by atoms with Gasteiger partial charge in [-0.15, -0.1) is 0 Å². The number of ether oxygens (including phenoxy) is 1. The van der Waals surface area contributed by atoms with Crippen LogP contribution >= 0.6 is 0 Å². The lowest BCUT2D eigenvalue weighted by Crippen LogP contribution is -2.30. The zero-order chi connectivity index (χ0) is 12.8. The van der Waals surface area contributed by atoms with E-state index >= 15 is 0 Å². The highest BCUT2D eigenvalue weighted by molar-refractivity contribution is 7.85. The Morgan fingerprint density at radius 2 is 2.33 bits per heavy atom. The second kappa shape index (κ2) is 6.89. The van der Waals surface area contributed by atoms with Crippen LogP contribution in [0.4, 0.5) is 5.95 Å². The van der Waals surface area contributed by atoms with Gasteiger partial charge in [-0.25, -0.2) is 4.98 Å². The van der Waals surface area contributed by atoms with E-state index in [1.54, 1.807) is 7.11 Å². The molecule has 2 heterocycles. The third-order valence-corrected chi connectivity index (χ3v) is 4.57. The molecule has 1 aromatic rings. The number of hydrogen-bond donors (Lipinski definition) is 1. The SMILES string of the molecule is COCCCn1ccnc1NC1CCS(=O)CC1. The van der Waals surface area contributed by atoms with Gasteiger partial charge in [0.15, 0.2) is 0 Å². The van der Waals surface area contributed by atoms with Crippen molar-refractivity contribution in [3.8, 4) is 0 Å². The average molecular weight is 271 g/mol. The minimum atomic E-state index is -0.604. The Hall–Kier alpha value is -0.880. The quantitative estimate of drug-likeness (QED) is 0.791. The Kier molecular flexibility index (Phi) is 5.19. The fraction of sp³-hybridized carbons (Fsp3) is 0.750. The number of nitrogens with zero attached hydrogens (tertiary/aromatic N) is 2. The molecule has 5 nitrogen and oxygen atoms in total. The lowest BCUT2D eigenvalue weighted by Gasteiger charge is -2.23. The summed E-state index contributed by atoms with van der Waals surface area (Å²) in [5.41, 5.74) is 0. The predicted octanol–water partition coefficient (Wildman–Crippen LogP) is 1.24. The molecule has 1 aromatic heterocycles. The number of anilines is 1. The number of aromatic nitrogens is 2. The van der Waals surface area contributed by atoms with Crippen LogP contribution in [0.2, 0.25) is 0 Å². The van der Waals surface area contributed by atoms with Crippen LogP contribution in [0.1, 0.15) is 19.3 Å². The molecule has 0 aromatic carbocycles. The molecule has 1 fully saturated rings. The molecule has 18 heavy (non-hydrogen) atoms. The molecule has 102 valence electrons. The van der Waals surface area contributed by atoms with Crippen molar-refractivity contribution < 1.29 is 8.95 Å². The molecule has 0 spiro atoms. The molecule has 0 saturated carbocycles. The monoisotopic (exact) mass is 271 g/mol. The van der Waals surface area contributed by atoms with E-state index in [1.165, 1.54) is 0 Å². The van der Waals surface area contributed by atoms with Crippen molar-refractivity contribution in [1.29, 1.82) is 0 Å². The normalized spacial score (nSPS) is 24.1. The van der Waals surface area contributed by atoms with Crippen LogP contribution < -0.4 is 5.32 Å². The summed E-state index contributed by atoms with van der Waals surface area (Å²) in [5, 5.41) is 3.45. The van der Waals surface area contributed by atoms with Crippen LogP contribution in [0.5, 0.6) is 0 Å². The Labute approximate surface area is 110 Å². The lowest BCUT2D eigenvalue weighted by molar-refractivity contribution is 0.190. The summed E-state index contributed by atoms with van der Waals surface area (Å²) < 4.78 is 18.5. The van der Waals surface area contributed by atoms with Gasteiger partial charge in [0.2, 0.25) is 5.95 Å². The molecule has 1 saturated heterocycles. The second-order valence-electron chi connectivity index (χ2n) is 4.56. The third kappa shape index (κ3) is 3.81. The van der Waals surface area contributed by atoms with Gasteiger partial charge in [-0.2, -0.15) is 0 Å². The molecular weight excluding hydrogens is 250 g/mol. The van der Waals surface area contributed by atoms with Gasteiger partial charge >= 0.3 is 0 Å². The van der Waals surface area contributed by atoms with Crippen molar-refractivity contribution >= 4 is 16.7 Å². The zero-order valence-corrected chi connectivity index (χ0v) is 11.6. The maximum atomic E-state index is 11.3. The number of aryl methyl sites for hydroxylation is 1. The fourth-order valence-corrected chi connectivity index (χ4v) is 3.43. The molecule has 1 N–H and O–H groups in total. The molecule has 0 amide bonds. The Bertz CT molecular complexity index is 384. The van der Waals surface area contributed by atoms with Crippen molar-refractivity contribution in [3.63, 3.8) is 0 Å². The molecule has 0 aliphatic carbocycles. The Morgan fingerprint density at radius 3 is 3.06 bits per heavy atom. The van der Waals surface area contributed by atoms with Crippen molar-refractivity contribution in [2.75, 3.05) is 30.5 Å². The molecule has 0 bridgehead atoms. The number of rotatable bonds is 6. The maximum Gasteiger partial charge on any atom is 0.202 e. The van der Waals surface area contributed by atoms with E-state index in [0.717, 1.165) is 49.9 Å². The fourth-order valence-electron chi connectivity index (χ4n) is 2.13. The topological polar surface area (TPSA) is 56.1 Å². The van der Waals surface area contributed by atoms with E-state index in [1.807, 2.05) is 12.4 Å². The van der Waals surface area contributed by atoms with Gasteiger partial charge < -0.3 is 14.6 Å². The van der Waals surface area contributed by atoms with E-state index in [9.17, 15) is 4.21 Å². The standard InChI is InChI=1S/C12H21N3O2S/c1-17-8-2-6-15-7-5-13-12(15)14-11-3-9-18(16)10-4-11/h5,7,11H,2-4,6,8-10H2,1H3,(H,13,14). The van der Waals surface area contributed by atoms with Crippen molar-refractivity contribution in [2.45, 2.75) is 31.8 Å². The average Bonchev–Trinajstić information content (AvgIpc) is 2.80. The third-order valence-electron chi connectivity index (χ3n) is 3.18. The van der Waals surface area contributed by atoms with E-state index in [2.05, 4.69) is 14.9 Å². The summed E-state index contributed by atoms with van der Waals surface area (Å²) in [6.45, 7) is 1.68. The van der Waals surface area contributed by atoms with Crippen molar-refractivity contribution in [1.82, 2.24) is 9.55 Å². The molecule has 0 radical (unpaired) electrons. The summed E-state index contributed by atoms with van der Waals surface area (Å²) in [4.78, 5) is 4.34. The molecule has 6 heteroatoms. The summed E-state index contributed by atoms with van der Waals surface area (Å²) in [6, 6.07) is 0.409. The summed E-state index contributed by atoms with van der Waals surface area (Å²) in [7, 11) is 1.11. The first kappa shape index (κ1) is 13.5. The molecule has 0 atom stereocenters. The second-order valence-corrected chi connectivity index (χ2v) is 6.25. The van der Waals surface area contributed by atoms with Crippen LogP contribution in [-0.2, 0) is 22.1 Å². The maximum absolute atomic E-state index is 11.3. The van der Waals surface area contributed by atoms with Gasteiger partial charge in [0.25, 0.3) is 0 Å². The first-order valence-corrected chi connectivity index (χ1v) is 7.90. The molecule has 2 rings (SSSR count). The van der Waals surface area contributed by atoms with Gasteiger partial charge in [0.05, 0.1) is 0 Å². The predicted molar refractivity (Wildman–Crippen MR) is 73.2 cm³/mol.